The zero-order chi connectivity index (χ0) is 14.6. The lowest BCUT2D eigenvalue weighted by Gasteiger charge is -2.25. The Labute approximate surface area is 122 Å². The van der Waals surface area contributed by atoms with E-state index in [0.29, 0.717) is 13.1 Å². The standard InChI is InChI=1S/C14H19FN4S/c1-14(2,10-4-6-11(15)7-5-10)9-17-13-18-12(8-16-3)19-20-13/h4-7,16H,8-9H2,1-3H3,(H,17,18,19). The van der Waals surface area contributed by atoms with Gasteiger partial charge in [0.2, 0.25) is 5.13 Å². The number of hydrogen-bond donors (Lipinski definition) is 2. The van der Waals surface area contributed by atoms with Crippen LogP contribution in [0.1, 0.15) is 25.2 Å². The number of benzene rings is 1. The Morgan fingerprint density at radius 2 is 1.95 bits per heavy atom. The quantitative estimate of drug-likeness (QED) is 0.860. The van der Waals surface area contributed by atoms with Gasteiger partial charge in [0.25, 0.3) is 0 Å². The number of rotatable bonds is 6. The molecule has 0 saturated heterocycles. The second kappa shape index (κ2) is 6.28. The number of hydrogen-bond acceptors (Lipinski definition) is 5. The minimum atomic E-state index is -0.210. The smallest absolute Gasteiger partial charge is 0.202 e. The molecule has 108 valence electrons. The molecule has 0 aliphatic carbocycles. The van der Waals surface area contributed by atoms with E-state index in [1.165, 1.54) is 23.7 Å². The molecule has 4 nitrogen and oxygen atoms in total. The van der Waals surface area contributed by atoms with Gasteiger partial charge in [0.15, 0.2) is 5.82 Å². The van der Waals surface area contributed by atoms with E-state index in [2.05, 4.69) is 33.8 Å². The van der Waals surface area contributed by atoms with E-state index in [4.69, 9.17) is 0 Å². The summed E-state index contributed by atoms with van der Waals surface area (Å²) in [4.78, 5) is 4.38. The van der Waals surface area contributed by atoms with E-state index in [0.717, 1.165) is 16.5 Å². The lowest BCUT2D eigenvalue weighted by molar-refractivity contribution is 0.553. The van der Waals surface area contributed by atoms with Crippen molar-refractivity contribution in [2.75, 3.05) is 18.9 Å². The average molecular weight is 294 g/mol. The summed E-state index contributed by atoms with van der Waals surface area (Å²) in [5.41, 5.74) is 0.981. The number of nitrogens with one attached hydrogen (secondary N) is 2. The van der Waals surface area contributed by atoms with Gasteiger partial charge in [0.1, 0.15) is 5.82 Å². The second-order valence-electron chi connectivity index (χ2n) is 5.29. The van der Waals surface area contributed by atoms with E-state index < -0.39 is 0 Å². The van der Waals surface area contributed by atoms with Crippen LogP contribution in [0.5, 0.6) is 0 Å². The Balaban J connectivity index is 1.99. The summed E-state index contributed by atoms with van der Waals surface area (Å²) >= 11 is 1.36. The van der Waals surface area contributed by atoms with E-state index in [9.17, 15) is 4.39 Å². The molecular formula is C14H19FN4S. The summed E-state index contributed by atoms with van der Waals surface area (Å²) < 4.78 is 17.2. The van der Waals surface area contributed by atoms with Gasteiger partial charge in [-0.2, -0.15) is 4.37 Å². The molecule has 0 amide bonds. The van der Waals surface area contributed by atoms with Crippen molar-refractivity contribution >= 4 is 16.7 Å². The van der Waals surface area contributed by atoms with Crippen molar-refractivity contribution in [1.29, 1.82) is 0 Å². The molecule has 0 saturated carbocycles. The molecule has 2 aromatic rings. The molecule has 2 N–H and O–H groups in total. The van der Waals surface area contributed by atoms with Crippen molar-refractivity contribution in [3.05, 3.63) is 41.5 Å². The summed E-state index contributed by atoms with van der Waals surface area (Å²) in [5.74, 6) is 0.581. The second-order valence-corrected chi connectivity index (χ2v) is 6.04. The Hall–Kier alpha value is -1.53. The van der Waals surface area contributed by atoms with E-state index in [1.807, 2.05) is 19.2 Å². The number of anilines is 1. The third-order valence-electron chi connectivity index (χ3n) is 3.11. The molecule has 0 aliphatic rings. The molecule has 0 spiro atoms. The van der Waals surface area contributed by atoms with E-state index in [-0.39, 0.29) is 11.2 Å². The molecule has 6 heteroatoms. The van der Waals surface area contributed by atoms with Crippen molar-refractivity contribution in [3.63, 3.8) is 0 Å². The molecule has 0 aliphatic heterocycles. The Morgan fingerprint density at radius 3 is 2.60 bits per heavy atom. The molecule has 1 heterocycles. The maximum atomic E-state index is 13.0. The van der Waals surface area contributed by atoms with Crippen molar-refractivity contribution in [2.45, 2.75) is 25.8 Å². The van der Waals surface area contributed by atoms with Gasteiger partial charge in [-0.05, 0) is 24.7 Å². The highest BCUT2D eigenvalue weighted by atomic mass is 32.1. The monoisotopic (exact) mass is 294 g/mol. The molecule has 0 radical (unpaired) electrons. The van der Waals surface area contributed by atoms with Crippen LogP contribution in [0.25, 0.3) is 0 Å². The van der Waals surface area contributed by atoms with Crippen LogP contribution in [0.3, 0.4) is 0 Å². The molecule has 20 heavy (non-hydrogen) atoms. The molecule has 0 fully saturated rings. The predicted octanol–water partition coefficient (Wildman–Crippen LogP) is 2.79. The van der Waals surface area contributed by atoms with Crippen molar-refractivity contribution in [3.8, 4) is 0 Å². The van der Waals surface area contributed by atoms with Crippen LogP contribution in [0, 0.1) is 5.82 Å². The molecule has 0 bridgehead atoms. The first kappa shape index (κ1) is 14.9. The lowest BCUT2D eigenvalue weighted by atomic mass is 9.85. The maximum absolute atomic E-state index is 13.0. The van der Waals surface area contributed by atoms with Gasteiger partial charge in [0.05, 0.1) is 6.54 Å². The maximum Gasteiger partial charge on any atom is 0.202 e. The fraction of sp³-hybridized carbons (Fsp3) is 0.429. The Bertz CT molecular complexity index is 551. The lowest BCUT2D eigenvalue weighted by Crippen LogP contribution is -2.27. The predicted molar refractivity (Wildman–Crippen MR) is 80.6 cm³/mol. The summed E-state index contributed by atoms with van der Waals surface area (Å²) in [6, 6.07) is 6.63. The van der Waals surface area contributed by atoms with Crippen LogP contribution >= 0.6 is 11.5 Å². The van der Waals surface area contributed by atoms with Crippen LogP contribution in [0.2, 0.25) is 0 Å². The zero-order valence-corrected chi connectivity index (χ0v) is 12.7. The number of halogens is 1. The van der Waals surface area contributed by atoms with E-state index in [1.54, 1.807) is 0 Å². The third-order valence-corrected chi connectivity index (χ3v) is 3.82. The van der Waals surface area contributed by atoms with Crippen LogP contribution < -0.4 is 10.6 Å². The van der Waals surface area contributed by atoms with Crippen molar-refractivity contribution in [1.82, 2.24) is 14.7 Å². The average Bonchev–Trinajstić information content (AvgIpc) is 2.85. The van der Waals surface area contributed by atoms with E-state index >= 15 is 0 Å². The fourth-order valence-corrected chi connectivity index (χ4v) is 2.44. The minimum absolute atomic E-state index is 0.109. The summed E-state index contributed by atoms with van der Waals surface area (Å²) in [7, 11) is 1.87. The van der Waals surface area contributed by atoms with Crippen LogP contribution in [-0.2, 0) is 12.0 Å². The molecular weight excluding hydrogens is 275 g/mol. The van der Waals surface area contributed by atoms with Gasteiger partial charge in [-0.15, -0.1) is 0 Å². The van der Waals surface area contributed by atoms with Crippen LogP contribution in [0.15, 0.2) is 24.3 Å². The summed E-state index contributed by atoms with van der Waals surface area (Å²) in [5, 5.41) is 7.13. The Kier molecular flexibility index (Phi) is 4.67. The van der Waals surface area contributed by atoms with Crippen LogP contribution in [-0.4, -0.2) is 22.9 Å². The number of aromatic nitrogens is 2. The third kappa shape index (κ3) is 3.74. The van der Waals surface area contributed by atoms with Gasteiger partial charge < -0.3 is 10.6 Å². The highest BCUT2D eigenvalue weighted by Gasteiger charge is 2.21. The first-order chi connectivity index (χ1) is 9.51. The molecule has 0 unspecified atom stereocenters. The SMILES string of the molecule is CNCc1nsc(NCC(C)(C)c2ccc(F)cc2)n1. The summed E-state index contributed by atoms with van der Waals surface area (Å²) in [6.45, 7) is 5.61. The fourth-order valence-electron chi connectivity index (χ4n) is 1.86. The molecule has 0 atom stereocenters. The van der Waals surface area contributed by atoms with Gasteiger partial charge in [0, 0.05) is 23.5 Å². The molecule has 1 aromatic heterocycles. The summed E-state index contributed by atoms with van der Waals surface area (Å²) in [6.07, 6.45) is 0. The van der Waals surface area contributed by atoms with Gasteiger partial charge in [-0.25, -0.2) is 9.37 Å². The highest BCUT2D eigenvalue weighted by Crippen LogP contribution is 2.24. The van der Waals surface area contributed by atoms with Gasteiger partial charge in [-0.3, -0.25) is 0 Å². The first-order valence-corrected chi connectivity index (χ1v) is 7.26. The number of nitrogens with zero attached hydrogens (tertiary/aromatic N) is 2. The van der Waals surface area contributed by atoms with Crippen molar-refractivity contribution in [2.24, 2.45) is 0 Å². The largest absolute Gasteiger partial charge is 0.359 e. The zero-order valence-electron chi connectivity index (χ0n) is 11.9. The minimum Gasteiger partial charge on any atom is -0.359 e. The Morgan fingerprint density at radius 1 is 1.25 bits per heavy atom. The topological polar surface area (TPSA) is 49.8 Å². The van der Waals surface area contributed by atoms with Crippen molar-refractivity contribution < 1.29 is 4.39 Å². The van der Waals surface area contributed by atoms with Gasteiger partial charge >= 0.3 is 0 Å². The molecule has 2 rings (SSSR count). The normalized spacial score (nSPS) is 11.6. The first-order valence-electron chi connectivity index (χ1n) is 6.48. The van der Waals surface area contributed by atoms with Gasteiger partial charge in [-0.1, -0.05) is 26.0 Å². The van der Waals surface area contributed by atoms with Crippen LogP contribution in [0.4, 0.5) is 9.52 Å². The molecule has 1 aromatic carbocycles. The highest BCUT2D eigenvalue weighted by molar-refractivity contribution is 7.09.